The lowest BCUT2D eigenvalue weighted by Gasteiger charge is -2.12. The van der Waals surface area contributed by atoms with E-state index in [1.54, 1.807) is 0 Å². The first-order valence-corrected chi connectivity index (χ1v) is 18.5. The van der Waals surface area contributed by atoms with Crippen LogP contribution in [-0.2, 0) is 12.8 Å². The average molecular weight is 755 g/mol. The normalized spacial score (nSPS) is 12.1. The van der Waals surface area contributed by atoms with Gasteiger partial charge in [0.2, 0.25) is 0 Å². The summed E-state index contributed by atoms with van der Waals surface area (Å²) in [4.78, 5) is 0. The average Bonchev–Trinajstić information content (AvgIpc) is 3.55. The highest BCUT2D eigenvalue weighted by Gasteiger charge is 2.16. The summed E-state index contributed by atoms with van der Waals surface area (Å²) in [5.41, 5.74) is 12.5. The van der Waals surface area contributed by atoms with Crippen molar-refractivity contribution >= 4 is 75.5 Å². The van der Waals surface area contributed by atoms with E-state index in [0.29, 0.717) is 11.8 Å². The van der Waals surface area contributed by atoms with Crippen LogP contribution in [0.3, 0.4) is 0 Å². The minimum Gasteiger partial charge on any atom is -0.309 e. The van der Waals surface area contributed by atoms with E-state index in [9.17, 15) is 0 Å². The Balaban J connectivity index is 1.16. The quantitative estimate of drug-likeness (QED) is 0.153. The molecule has 6 aromatic carbocycles. The van der Waals surface area contributed by atoms with Gasteiger partial charge in [0.15, 0.2) is 0 Å². The zero-order valence-electron chi connectivity index (χ0n) is 27.8. The third-order valence-electron chi connectivity index (χ3n) is 9.46. The SMILES string of the molecule is CC(C)Cc1ccc2c(c1)c1cc(Br)ccc1n2-c1ccc(-c2ccc(-n3c4ccc(Br)cc4c4cc(CC(C)C)ccc43)cc2)cc1. The second-order valence-corrected chi connectivity index (χ2v) is 15.8. The Kier molecular flexibility index (Phi) is 8.05. The van der Waals surface area contributed by atoms with Crippen LogP contribution in [0, 0.1) is 11.8 Å². The summed E-state index contributed by atoms with van der Waals surface area (Å²) in [5, 5.41) is 5.16. The molecule has 0 N–H and O–H groups in total. The number of benzene rings is 6. The number of nitrogens with zero attached hydrogens (tertiary/aromatic N) is 2. The molecule has 0 aliphatic heterocycles. The first-order valence-electron chi connectivity index (χ1n) is 16.9. The molecule has 48 heavy (non-hydrogen) atoms. The fraction of sp³-hybridized carbons (Fsp3) is 0.182. The van der Waals surface area contributed by atoms with Crippen LogP contribution in [0.25, 0.3) is 66.1 Å². The van der Waals surface area contributed by atoms with Crippen molar-refractivity contribution in [3.05, 3.63) is 141 Å². The van der Waals surface area contributed by atoms with Crippen LogP contribution in [0.15, 0.2) is 130 Å². The Bertz CT molecular complexity index is 2290. The monoisotopic (exact) mass is 752 g/mol. The van der Waals surface area contributed by atoms with E-state index in [-0.39, 0.29) is 0 Å². The molecule has 2 aromatic heterocycles. The highest BCUT2D eigenvalue weighted by atomic mass is 79.9. The van der Waals surface area contributed by atoms with Crippen LogP contribution < -0.4 is 0 Å². The topological polar surface area (TPSA) is 9.86 Å². The molecule has 0 radical (unpaired) electrons. The standard InChI is InChI=1S/C44H38Br2N2/c1-27(2)21-29-5-17-41-37(23-29)39-25-33(45)11-19-43(39)47(41)35-13-7-31(8-14-35)32-9-15-36(16-10-32)48-42-18-6-30(22-28(3)4)24-38(42)40-26-34(46)12-20-44(40)48/h5-20,23-28H,21-22H2,1-4H3. The van der Waals surface area contributed by atoms with Gasteiger partial charge in [0.25, 0.3) is 0 Å². The second-order valence-electron chi connectivity index (χ2n) is 14.0. The molecule has 2 nitrogen and oxygen atoms in total. The largest absolute Gasteiger partial charge is 0.309 e. The molecule has 0 bridgehead atoms. The van der Waals surface area contributed by atoms with Gasteiger partial charge in [-0.25, -0.2) is 0 Å². The van der Waals surface area contributed by atoms with E-state index in [1.807, 2.05) is 0 Å². The lowest BCUT2D eigenvalue weighted by atomic mass is 10.0. The van der Waals surface area contributed by atoms with E-state index in [0.717, 1.165) is 21.8 Å². The highest BCUT2D eigenvalue weighted by Crippen LogP contribution is 2.37. The summed E-state index contributed by atoms with van der Waals surface area (Å²) in [6, 6.07) is 45.2. The third-order valence-corrected chi connectivity index (χ3v) is 10.4. The van der Waals surface area contributed by atoms with Gasteiger partial charge in [0, 0.05) is 41.9 Å². The highest BCUT2D eigenvalue weighted by molar-refractivity contribution is 9.10. The van der Waals surface area contributed by atoms with E-state index < -0.39 is 0 Å². The summed E-state index contributed by atoms with van der Waals surface area (Å²) in [7, 11) is 0. The molecule has 0 aliphatic carbocycles. The minimum absolute atomic E-state index is 0.622. The minimum atomic E-state index is 0.622. The molecule has 0 aliphatic rings. The van der Waals surface area contributed by atoms with Gasteiger partial charge in [-0.2, -0.15) is 0 Å². The number of fused-ring (bicyclic) bond motifs is 6. The van der Waals surface area contributed by atoms with Crippen molar-refractivity contribution in [2.45, 2.75) is 40.5 Å². The van der Waals surface area contributed by atoms with Gasteiger partial charge < -0.3 is 9.13 Å². The van der Waals surface area contributed by atoms with Gasteiger partial charge in [-0.05, 0) is 132 Å². The van der Waals surface area contributed by atoms with Gasteiger partial charge in [-0.3, -0.25) is 0 Å². The predicted molar refractivity (Wildman–Crippen MR) is 213 cm³/mol. The zero-order valence-corrected chi connectivity index (χ0v) is 30.9. The summed E-state index contributed by atoms with van der Waals surface area (Å²) < 4.78 is 7.01. The number of hydrogen-bond acceptors (Lipinski definition) is 0. The molecule has 8 rings (SSSR count). The Morgan fingerprint density at radius 3 is 1.10 bits per heavy atom. The summed E-state index contributed by atoms with van der Waals surface area (Å²) in [6.07, 6.45) is 2.16. The van der Waals surface area contributed by atoms with Gasteiger partial charge >= 0.3 is 0 Å². The number of rotatable bonds is 7. The maximum atomic E-state index is 3.72. The Labute approximate surface area is 299 Å². The molecule has 0 spiro atoms. The van der Waals surface area contributed by atoms with Crippen molar-refractivity contribution in [3.63, 3.8) is 0 Å². The van der Waals surface area contributed by atoms with Crippen molar-refractivity contribution in [2.75, 3.05) is 0 Å². The van der Waals surface area contributed by atoms with Gasteiger partial charge in [0.1, 0.15) is 0 Å². The molecular weight excluding hydrogens is 716 g/mol. The number of aromatic nitrogens is 2. The van der Waals surface area contributed by atoms with E-state index in [2.05, 4.69) is 190 Å². The Morgan fingerprint density at radius 2 is 0.750 bits per heavy atom. The number of halogens is 2. The lowest BCUT2D eigenvalue weighted by molar-refractivity contribution is 0.647. The summed E-state index contributed by atoms with van der Waals surface area (Å²) >= 11 is 7.44. The van der Waals surface area contributed by atoms with Crippen LogP contribution >= 0.6 is 31.9 Å². The molecule has 0 atom stereocenters. The molecule has 0 saturated carbocycles. The maximum Gasteiger partial charge on any atom is 0.0541 e. The van der Waals surface area contributed by atoms with Crippen molar-refractivity contribution in [1.82, 2.24) is 9.13 Å². The van der Waals surface area contributed by atoms with E-state index >= 15 is 0 Å². The van der Waals surface area contributed by atoms with Crippen LogP contribution in [0.4, 0.5) is 0 Å². The van der Waals surface area contributed by atoms with Gasteiger partial charge in [-0.1, -0.05) is 96.0 Å². The van der Waals surface area contributed by atoms with Gasteiger partial charge in [0.05, 0.1) is 22.1 Å². The summed E-state index contributed by atoms with van der Waals surface area (Å²) in [5.74, 6) is 1.24. The molecule has 0 saturated heterocycles. The summed E-state index contributed by atoms with van der Waals surface area (Å²) in [6.45, 7) is 9.13. The Hall–Kier alpha value is -4.12. The van der Waals surface area contributed by atoms with Gasteiger partial charge in [-0.15, -0.1) is 0 Å². The smallest absolute Gasteiger partial charge is 0.0541 e. The Morgan fingerprint density at radius 1 is 0.417 bits per heavy atom. The zero-order chi connectivity index (χ0) is 33.1. The molecule has 0 amide bonds. The molecule has 238 valence electrons. The molecule has 0 fully saturated rings. The molecule has 2 heterocycles. The van der Waals surface area contributed by atoms with Crippen molar-refractivity contribution in [1.29, 1.82) is 0 Å². The fourth-order valence-electron chi connectivity index (χ4n) is 7.44. The van der Waals surface area contributed by atoms with Crippen molar-refractivity contribution in [2.24, 2.45) is 11.8 Å². The third kappa shape index (κ3) is 5.59. The van der Waals surface area contributed by atoms with Crippen molar-refractivity contribution in [3.8, 4) is 22.5 Å². The lowest BCUT2D eigenvalue weighted by Crippen LogP contribution is -1.96. The van der Waals surface area contributed by atoms with Crippen LogP contribution in [0.1, 0.15) is 38.8 Å². The number of hydrogen-bond donors (Lipinski definition) is 0. The van der Waals surface area contributed by atoms with E-state index in [1.165, 1.54) is 77.2 Å². The van der Waals surface area contributed by atoms with E-state index in [4.69, 9.17) is 0 Å². The predicted octanol–water partition coefficient (Wildman–Crippen LogP) is 13.5. The van der Waals surface area contributed by atoms with Crippen LogP contribution in [0.5, 0.6) is 0 Å². The molecule has 4 heteroatoms. The first kappa shape index (κ1) is 31.2. The fourth-order valence-corrected chi connectivity index (χ4v) is 8.17. The molecule has 8 aromatic rings. The molecule has 0 unspecified atom stereocenters. The molecular formula is C44H38Br2N2. The van der Waals surface area contributed by atoms with Crippen LogP contribution in [0.2, 0.25) is 0 Å². The second kappa shape index (κ2) is 12.4. The first-order chi connectivity index (χ1) is 23.2. The maximum absolute atomic E-state index is 3.72. The van der Waals surface area contributed by atoms with Crippen LogP contribution in [-0.4, -0.2) is 9.13 Å². The van der Waals surface area contributed by atoms with Crippen molar-refractivity contribution < 1.29 is 0 Å².